The fraction of sp³-hybridized carbons (Fsp3) is 0. The van der Waals surface area contributed by atoms with Crippen LogP contribution in [-0.2, 0) is 0 Å². The third kappa shape index (κ3) is 5.71. The molecule has 0 bridgehead atoms. The molecule has 10 aromatic carbocycles. The van der Waals surface area contributed by atoms with E-state index in [4.69, 9.17) is 24.7 Å². The molecule has 0 saturated heterocycles. The Labute approximate surface area is 419 Å². The maximum absolute atomic E-state index is 10.0. The Morgan fingerprint density at radius 2 is 0.873 bits per heavy atom. The summed E-state index contributed by atoms with van der Waals surface area (Å²) in [5, 5.41) is -5.66. The van der Waals surface area contributed by atoms with Crippen molar-refractivity contribution in [3.05, 3.63) is 218 Å². The highest BCUT2D eigenvalue weighted by Gasteiger charge is 2.25. The predicted molar refractivity (Wildman–Crippen MR) is 269 cm³/mol. The smallest absolute Gasteiger partial charge is 0.0972 e. The van der Waals surface area contributed by atoms with Crippen LogP contribution < -0.4 is 0 Å². The van der Waals surface area contributed by atoms with Crippen LogP contribution in [-0.4, -0.2) is 9.97 Å². The summed E-state index contributed by atoms with van der Waals surface area (Å²) in [4.78, 5) is 7.06. The first-order chi connectivity index (χ1) is 46.2. The molecule has 0 unspecified atom stereocenters. The van der Waals surface area contributed by atoms with Gasteiger partial charge in [-0.05, 0) is 83.0 Å². The van der Waals surface area contributed by atoms with E-state index < -0.39 is 343 Å². The monoisotopic (exact) mass is 852 g/mol. The molecule has 0 spiro atoms. The average Bonchev–Trinajstić information content (AvgIpc) is 1.43. The molecule has 292 valence electrons. The molecule has 3 aromatic heterocycles. The molecule has 63 heavy (non-hydrogen) atoms. The summed E-state index contributed by atoms with van der Waals surface area (Å²) in [6, 6.07) is -34.8. The topological polar surface area (TPSA) is 25.8 Å². The largest absolute Gasteiger partial charge is 0.254 e. The summed E-state index contributed by atoms with van der Waals surface area (Å²) in [5.74, 6) is 0. The molecule has 3 heterocycles. The molecule has 13 rings (SSSR count). The standard InChI is InChI=1S/C60H36N2S/c1-3-11-38(12-4-1)55-56(39-13-5-2-6-14-39)60(51-32-29-42-23-22-40-15-9-16-41-28-31-50(51)54(42)53(40)41)63-59(55)45-26-20-37(21-27-45)46-33-34-49(48-19-8-7-18-47(46)48)52-35-30-44-25-24-43-17-10-36-61-57(43)58(44)62-52/h1-36H/i1D,2D,3D,4D,5D,6D,7D,8D,9D,10D,11D,12D,13D,14D,15D,16D,17D,18D,19D,20D,21D,22D,23D,24D,25D,26D,27D,28D,29D,30D,31D,32D,33D,34D,35D,36D. The van der Waals surface area contributed by atoms with Gasteiger partial charge in [-0.3, -0.25) is 4.98 Å². The molecule has 0 N–H and O–H groups in total. The molecule has 0 aliphatic rings. The van der Waals surface area contributed by atoms with Crippen molar-refractivity contribution in [3.63, 3.8) is 0 Å². The Hall–Kier alpha value is -7.98. The zero-order valence-corrected chi connectivity index (χ0v) is 32.1. The van der Waals surface area contributed by atoms with Gasteiger partial charge in [-0.15, -0.1) is 11.3 Å². The lowest BCUT2D eigenvalue weighted by molar-refractivity contribution is 1.37. The van der Waals surface area contributed by atoms with Crippen molar-refractivity contribution in [2.45, 2.75) is 0 Å². The summed E-state index contributed by atoms with van der Waals surface area (Å²) < 4.78 is 332. The maximum Gasteiger partial charge on any atom is 0.0972 e. The van der Waals surface area contributed by atoms with E-state index in [1.54, 1.807) is 0 Å². The van der Waals surface area contributed by atoms with Crippen LogP contribution in [0, 0.1) is 0 Å². The minimum Gasteiger partial charge on any atom is -0.254 e. The summed E-state index contributed by atoms with van der Waals surface area (Å²) in [7, 11) is 0. The van der Waals surface area contributed by atoms with Crippen molar-refractivity contribution in [3.8, 4) is 65.5 Å². The Morgan fingerprint density at radius 1 is 0.333 bits per heavy atom. The van der Waals surface area contributed by atoms with Crippen LogP contribution in [0.2, 0.25) is 0 Å². The van der Waals surface area contributed by atoms with Crippen LogP contribution in [0.3, 0.4) is 0 Å². The summed E-state index contributed by atoms with van der Waals surface area (Å²) in [5.41, 5.74) is -9.73. The number of nitrogens with zero attached hydrogens (tertiary/aromatic N) is 2. The third-order valence-corrected chi connectivity index (χ3v) is 11.5. The lowest BCUT2D eigenvalue weighted by atomic mass is 9.88. The van der Waals surface area contributed by atoms with E-state index in [9.17, 15) is 24.7 Å². The van der Waals surface area contributed by atoms with Crippen molar-refractivity contribution in [1.82, 2.24) is 9.97 Å². The van der Waals surface area contributed by atoms with Gasteiger partial charge in [0.05, 0.1) is 66.1 Å². The third-order valence-electron chi connectivity index (χ3n) is 10.2. The lowest BCUT2D eigenvalue weighted by Crippen LogP contribution is -1.91. The van der Waals surface area contributed by atoms with E-state index in [0.29, 0.717) is 0 Å². The lowest BCUT2D eigenvalue weighted by Gasteiger charge is -2.15. The number of aromatic nitrogens is 2. The minimum atomic E-state index is -1.23. The zero-order valence-electron chi connectivity index (χ0n) is 67.3. The molecule has 0 aliphatic carbocycles. The number of rotatable bonds is 6. The van der Waals surface area contributed by atoms with Crippen molar-refractivity contribution in [2.24, 2.45) is 0 Å². The first kappa shape index (κ1) is 15.1. The van der Waals surface area contributed by atoms with Gasteiger partial charge >= 0.3 is 0 Å². The number of hydrogen-bond donors (Lipinski definition) is 0. The SMILES string of the molecule is [2H]c1nc2c(c([2H])c1[2H])c([2H])c([2H])c1c([2H])c([2H])c(-c3c([2H])c([2H])c(-c4c([2H])c([2H])c(-c5sc(-c6c([2H])c([2H])c7c([2H])c([2H])c8c([2H])c([2H])c([2H])c9c([2H])c([2H])c6c7c89)c(-c6c([2H])c([2H])c([2H])c([2H])c6[2H])c5-c5c([2H])c([2H])c([2H])c([2H])c5[2H])c([2H])c4[2H])c4c([2H])c([2H])c([2H])c([2H])c34)nc12. The number of benzene rings is 10. The maximum atomic E-state index is 10.0. The fourth-order valence-corrected chi connectivity index (χ4v) is 8.81. The van der Waals surface area contributed by atoms with Gasteiger partial charge in [0.25, 0.3) is 0 Å². The van der Waals surface area contributed by atoms with Gasteiger partial charge in [0, 0.05) is 49.0 Å². The van der Waals surface area contributed by atoms with Gasteiger partial charge < -0.3 is 0 Å². The van der Waals surface area contributed by atoms with Crippen LogP contribution in [0.5, 0.6) is 0 Å². The molecule has 0 fully saturated rings. The number of fused-ring (bicyclic) bond motifs is 4. The van der Waals surface area contributed by atoms with Gasteiger partial charge in [0.1, 0.15) is 0 Å². The van der Waals surface area contributed by atoms with Crippen LogP contribution in [0.4, 0.5) is 0 Å². The Balaban J connectivity index is 1.22. The van der Waals surface area contributed by atoms with Crippen LogP contribution in [0.1, 0.15) is 49.3 Å². The van der Waals surface area contributed by atoms with Crippen LogP contribution in [0.15, 0.2) is 218 Å². The first-order valence-electron chi connectivity index (χ1n) is 36.6. The summed E-state index contributed by atoms with van der Waals surface area (Å²) >= 11 is 0.224. The fourth-order valence-electron chi connectivity index (χ4n) is 7.53. The molecular formula is C60H36N2S. The number of hydrogen-bond acceptors (Lipinski definition) is 3. The second kappa shape index (κ2) is 14.3. The first-order valence-corrected chi connectivity index (χ1v) is 19.4. The molecule has 0 amide bonds. The molecule has 0 atom stereocenters. The molecule has 0 saturated carbocycles. The van der Waals surface area contributed by atoms with E-state index in [0.717, 1.165) is 0 Å². The summed E-state index contributed by atoms with van der Waals surface area (Å²) in [6.45, 7) is 0. The molecule has 0 aliphatic heterocycles. The van der Waals surface area contributed by atoms with Gasteiger partial charge in [0.2, 0.25) is 0 Å². The number of thiophene rings is 1. The Kier molecular flexibility index (Phi) is 3.44. The Morgan fingerprint density at radius 3 is 1.62 bits per heavy atom. The van der Waals surface area contributed by atoms with Crippen LogP contribution >= 0.6 is 11.3 Å². The highest BCUT2D eigenvalue weighted by Crippen LogP contribution is 2.54. The van der Waals surface area contributed by atoms with E-state index >= 15 is 0 Å². The molecular weight excluding hydrogens is 781 g/mol. The van der Waals surface area contributed by atoms with E-state index in [2.05, 4.69) is 9.97 Å². The van der Waals surface area contributed by atoms with Crippen molar-refractivity contribution >= 4 is 76.2 Å². The molecule has 13 aromatic rings. The molecule has 2 nitrogen and oxygen atoms in total. The molecule has 3 heteroatoms. The Bertz CT molecular complexity index is 5950. The van der Waals surface area contributed by atoms with E-state index in [-0.39, 0.29) is 16.7 Å². The normalized spacial score (nSPS) is 19.8. The average molecular weight is 853 g/mol. The van der Waals surface area contributed by atoms with E-state index in [1.807, 2.05) is 0 Å². The minimum absolute atomic E-state index is 0.224. The summed E-state index contributed by atoms with van der Waals surface area (Å²) in [6.07, 6.45) is -0.814. The van der Waals surface area contributed by atoms with Gasteiger partial charge in [-0.1, -0.05) is 199 Å². The predicted octanol–water partition coefficient (Wildman–Crippen LogP) is 16.9. The zero-order chi connectivity index (χ0) is 72.8. The second-order valence-corrected chi connectivity index (χ2v) is 14.7. The van der Waals surface area contributed by atoms with Gasteiger partial charge in [-0.25, -0.2) is 4.98 Å². The molecule has 0 radical (unpaired) electrons. The van der Waals surface area contributed by atoms with Crippen LogP contribution in [0.25, 0.3) is 130 Å². The highest BCUT2D eigenvalue weighted by molar-refractivity contribution is 7.20. The van der Waals surface area contributed by atoms with Crippen molar-refractivity contribution in [1.29, 1.82) is 0 Å². The highest BCUT2D eigenvalue weighted by atomic mass is 32.1. The van der Waals surface area contributed by atoms with E-state index in [1.165, 1.54) is 0 Å². The van der Waals surface area contributed by atoms with Crippen molar-refractivity contribution < 1.29 is 49.3 Å². The van der Waals surface area contributed by atoms with Gasteiger partial charge in [-0.2, -0.15) is 0 Å². The van der Waals surface area contributed by atoms with Gasteiger partial charge in [0.15, 0.2) is 0 Å². The second-order valence-electron chi connectivity index (χ2n) is 13.6. The quantitative estimate of drug-likeness (QED) is 0.156. The number of pyridine rings is 2. The van der Waals surface area contributed by atoms with Crippen molar-refractivity contribution in [2.75, 3.05) is 0 Å².